The van der Waals surface area contributed by atoms with Crippen molar-refractivity contribution in [3.8, 4) is 11.1 Å². The molecule has 6 nitrogen and oxygen atoms in total. The first kappa shape index (κ1) is 14.5. The third-order valence-corrected chi connectivity index (χ3v) is 4.14. The second-order valence-corrected chi connectivity index (χ2v) is 5.83. The molecule has 3 aromatic heterocycles. The van der Waals surface area contributed by atoms with Gasteiger partial charge in [0.15, 0.2) is 0 Å². The quantitative estimate of drug-likeness (QED) is 0.751. The van der Waals surface area contributed by atoms with Crippen LogP contribution in [0.25, 0.3) is 11.1 Å². The predicted octanol–water partition coefficient (Wildman–Crippen LogP) is 3.46. The van der Waals surface area contributed by atoms with Gasteiger partial charge in [-0.15, -0.1) is 11.3 Å². The number of thiazole rings is 1. The van der Waals surface area contributed by atoms with Crippen LogP contribution in [0.1, 0.15) is 16.5 Å². The van der Waals surface area contributed by atoms with Crippen LogP contribution < -0.4 is 10.6 Å². The topological polar surface area (TPSA) is 75.9 Å². The summed E-state index contributed by atoms with van der Waals surface area (Å²) in [5, 5.41) is 13.5. The van der Waals surface area contributed by atoms with E-state index in [0.717, 1.165) is 39.1 Å². The van der Waals surface area contributed by atoms with Gasteiger partial charge in [0, 0.05) is 35.9 Å². The van der Waals surface area contributed by atoms with Gasteiger partial charge in [0.25, 0.3) is 0 Å². The Morgan fingerprint density at radius 1 is 1.27 bits per heavy atom. The fourth-order valence-corrected chi connectivity index (χ4v) is 2.90. The van der Waals surface area contributed by atoms with E-state index in [0.29, 0.717) is 6.54 Å². The highest BCUT2D eigenvalue weighted by Gasteiger charge is 2.14. The van der Waals surface area contributed by atoms with Crippen LogP contribution in [0.3, 0.4) is 0 Å². The summed E-state index contributed by atoms with van der Waals surface area (Å²) in [6, 6.07) is 2.05. The average molecular weight is 315 g/mol. The van der Waals surface area contributed by atoms with Gasteiger partial charge in [-0.25, -0.2) is 9.97 Å². The van der Waals surface area contributed by atoms with Crippen molar-refractivity contribution in [1.82, 2.24) is 15.1 Å². The maximum absolute atomic E-state index is 5.24. The Balaban J connectivity index is 1.92. The fourth-order valence-electron chi connectivity index (χ4n) is 2.34. The van der Waals surface area contributed by atoms with Crippen LogP contribution in [0.5, 0.6) is 0 Å². The first-order chi connectivity index (χ1) is 10.7. The van der Waals surface area contributed by atoms with Crippen LogP contribution in [-0.2, 0) is 6.54 Å². The molecule has 0 aliphatic rings. The summed E-state index contributed by atoms with van der Waals surface area (Å²) in [4.78, 5) is 8.75. The molecule has 0 radical (unpaired) electrons. The van der Waals surface area contributed by atoms with Crippen LogP contribution in [0.2, 0.25) is 0 Å². The molecule has 0 unspecified atom stereocenters. The second kappa shape index (κ2) is 6.15. The Kier molecular flexibility index (Phi) is 4.06. The van der Waals surface area contributed by atoms with E-state index in [1.54, 1.807) is 17.5 Å². The summed E-state index contributed by atoms with van der Waals surface area (Å²) in [5.41, 5.74) is 3.77. The van der Waals surface area contributed by atoms with E-state index in [1.165, 1.54) is 0 Å². The first-order valence-electron chi connectivity index (χ1n) is 6.92. The lowest BCUT2D eigenvalue weighted by molar-refractivity contribution is 0.393. The summed E-state index contributed by atoms with van der Waals surface area (Å²) in [5.74, 6) is 1.59. The van der Waals surface area contributed by atoms with E-state index in [2.05, 4.69) is 31.8 Å². The van der Waals surface area contributed by atoms with Crippen molar-refractivity contribution in [1.29, 1.82) is 0 Å². The summed E-state index contributed by atoms with van der Waals surface area (Å²) in [7, 11) is 1.85. The van der Waals surface area contributed by atoms with Gasteiger partial charge in [-0.2, -0.15) is 0 Å². The van der Waals surface area contributed by atoms with E-state index < -0.39 is 0 Å². The van der Waals surface area contributed by atoms with Gasteiger partial charge < -0.3 is 15.2 Å². The summed E-state index contributed by atoms with van der Waals surface area (Å²) < 4.78 is 5.24. The van der Waals surface area contributed by atoms with Crippen molar-refractivity contribution in [3.05, 3.63) is 40.3 Å². The Hall–Kier alpha value is -2.41. The standard InChI is InChI=1S/C15H17N5OS/c1-9-14(10(2)21-20-9)11-6-12(15(16-3)19-7-11)18-8-13-17-4-5-22-13/h4-7,18H,8H2,1-3H3,(H,16,19). The number of anilines is 2. The second-order valence-electron chi connectivity index (χ2n) is 4.85. The molecule has 3 rings (SSSR count). The van der Waals surface area contributed by atoms with Gasteiger partial charge in [0.1, 0.15) is 16.6 Å². The minimum atomic E-state index is 0.666. The van der Waals surface area contributed by atoms with Crippen LogP contribution in [0, 0.1) is 13.8 Å². The molecule has 0 saturated carbocycles. The zero-order valence-corrected chi connectivity index (χ0v) is 13.5. The van der Waals surface area contributed by atoms with Crippen LogP contribution in [-0.4, -0.2) is 22.2 Å². The third-order valence-electron chi connectivity index (χ3n) is 3.36. The Bertz CT molecular complexity index is 747. The molecule has 0 atom stereocenters. The highest BCUT2D eigenvalue weighted by Crippen LogP contribution is 2.31. The number of aromatic nitrogens is 3. The molecule has 7 heteroatoms. The molecule has 0 saturated heterocycles. The number of nitrogens with one attached hydrogen (secondary N) is 2. The van der Waals surface area contributed by atoms with Crippen molar-refractivity contribution in [2.24, 2.45) is 0 Å². The molecular formula is C15H17N5OS. The molecule has 114 valence electrons. The van der Waals surface area contributed by atoms with Crippen LogP contribution >= 0.6 is 11.3 Å². The highest BCUT2D eigenvalue weighted by atomic mass is 32.1. The molecule has 0 amide bonds. The van der Waals surface area contributed by atoms with Crippen LogP contribution in [0.15, 0.2) is 28.4 Å². The predicted molar refractivity (Wildman–Crippen MR) is 88.2 cm³/mol. The maximum atomic E-state index is 5.24. The first-order valence-corrected chi connectivity index (χ1v) is 7.80. The van der Waals surface area contributed by atoms with Gasteiger partial charge in [-0.1, -0.05) is 5.16 Å². The molecule has 22 heavy (non-hydrogen) atoms. The zero-order valence-electron chi connectivity index (χ0n) is 12.7. The Morgan fingerprint density at radius 2 is 2.14 bits per heavy atom. The number of hydrogen-bond acceptors (Lipinski definition) is 7. The molecule has 3 aromatic rings. The lowest BCUT2D eigenvalue weighted by atomic mass is 10.1. The molecule has 0 bridgehead atoms. The van der Waals surface area contributed by atoms with E-state index in [4.69, 9.17) is 4.52 Å². The van der Waals surface area contributed by atoms with Crippen molar-refractivity contribution >= 4 is 22.8 Å². The van der Waals surface area contributed by atoms with Gasteiger partial charge in [-0.3, -0.25) is 0 Å². The van der Waals surface area contributed by atoms with Crippen molar-refractivity contribution in [2.45, 2.75) is 20.4 Å². The molecule has 0 spiro atoms. The lowest BCUT2D eigenvalue weighted by Gasteiger charge is -2.12. The van der Waals surface area contributed by atoms with Gasteiger partial charge in [-0.05, 0) is 19.9 Å². The Labute approximate surface area is 132 Å². The summed E-state index contributed by atoms with van der Waals surface area (Å²) in [6.45, 7) is 4.50. The van der Waals surface area contributed by atoms with Gasteiger partial charge in [0.05, 0.1) is 17.9 Å². The number of pyridine rings is 1. The van der Waals surface area contributed by atoms with E-state index in [1.807, 2.05) is 32.5 Å². The molecule has 0 aliphatic heterocycles. The van der Waals surface area contributed by atoms with E-state index in [-0.39, 0.29) is 0 Å². The van der Waals surface area contributed by atoms with Gasteiger partial charge in [0.2, 0.25) is 0 Å². The van der Waals surface area contributed by atoms with Crippen molar-refractivity contribution in [2.75, 3.05) is 17.7 Å². The molecule has 3 heterocycles. The maximum Gasteiger partial charge on any atom is 0.149 e. The molecule has 0 aliphatic carbocycles. The average Bonchev–Trinajstić information content (AvgIpc) is 3.15. The van der Waals surface area contributed by atoms with E-state index >= 15 is 0 Å². The van der Waals surface area contributed by atoms with Gasteiger partial charge >= 0.3 is 0 Å². The summed E-state index contributed by atoms with van der Waals surface area (Å²) >= 11 is 1.62. The largest absolute Gasteiger partial charge is 0.376 e. The number of hydrogen-bond donors (Lipinski definition) is 2. The molecule has 0 aromatic carbocycles. The smallest absolute Gasteiger partial charge is 0.149 e. The monoisotopic (exact) mass is 315 g/mol. The number of nitrogens with zero attached hydrogens (tertiary/aromatic N) is 3. The zero-order chi connectivity index (χ0) is 15.5. The number of aryl methyl sites for hydroxylation is 2. The highest BCUT2D eigenvalue weighted by molar-refractivity contribution is 7.09. The number of rotatable bonds is 5. The van der Waals surface area contributed by atoms with Crippen molar-refractivity contribution < 1.29 is 4.52 Å². The van der Waals surface area contributed by atoms with Crippen LogP contribution in [0.4, 0.5) is 11.5 Å². The fraction of sp³-hybridized carbons (Fsp3) is 0.267. The van der Waals surface area contributed by atoms with Crippen molar-refractivity contribution in [3.63, 3.8) is 0 Å². The normalized spacial score (nSPS) is 10.7. The molecular weight excluding hydrogens is 298 g/mol. The minimum Gasteiger partial charge on any atom is -0.376 e. The third kappa shape index (κ3) is 2.80. The SMILES string of the molecule is CNc1ncc(-c2c(C)noc2C)cc1NCc1nccs1. The summed E-state index contributed by atoms with van der Waals surface area (Å²) in [6.07, 6.45) is 3.63. The Morgan fingerprint density at radius 3 is 2.77 bits per heavy atom. The van der Waals surface area contributed by atoms with E-state index in [9.17, 15) is 0 Å². The minimum absolute atomic E-state index is 0.666. The lowest BCUT2D eigenvalue weighted by Crippen LogP contribution is -2.04. The molecule has 2 N–H and O–H groups in total. The molecule has 0 fully saturated rings.